The summed E-state index contributed by atoms with van der Waals surface area (Å²) in [6.45, 7) is 5.84. The summed E-state index contributed by atoms with van der Waals surface area (Å²) in [6, 6.07) is 1.65. The Labute approximate surface area is 93.3 Å². The molecule has 0 spiro atoms. The molecule has 0 aromatic carbocycles. The van der Waals surface area contributed by atoms with Crippen molar-refractivity contribution in [3.05, 3.63) is 22.8 Å². The maximum Gasteiger partial charge on any atom is 0.410 e. The summed E-state index contributed by atoms with van der Waals surface area (Å²) in [5, 5.41) is 11.4. The molecule has 0 aliphatic heterocycles. The third kappa shape index (κ3) is 2.83. The van der Waals surface area contributed by atoms with Crippen LogP contribution in [0.4, 0.5) is 10.6 Å². The van der Waals surface area contributed by atoms with E-state index in [-0.39, 0.29) is 5.41 Å². The third-order valence-electron chi connectivity index (χ3n) is 1.88. The van der Waals surface area contributed by atoms with Gasteiger partial charge in [-0.05, 0) is 11.5 Å². The molecule has 82 valence electrons. The number of pyridine rings is 1. The van der Waals surface area contributed by atoms with E-state index in [4.69, 9.17) is 16.7 Å². The Kier molecular flexibility index (Phi) is 3.19. The van der Waals surface area contributed by atoms with Crippen LogP contribution in [0.2, 0.25) is 5.02 Å². The van der Waals surface area contributed by atoms with E-state index in [1.807, 2.05) is 20.8 Å². The molecule has 4 nitrogen and oxygen atoms in total. The van der Waals surface area contributed by atoms with Gasteiger partial charge in [0.05, 0.1) is 0 Å². The largest absolute Gasteiger partial charge is 0.465 e. The van der Waals surface area contributed by atoms with Gasteiger partial charge < -0.3 is 5.11 Å². The number of aromatic nitrogens is 1. The van der Waals surface area contributed by atoms with Crippen LogP contribution in [0.5, 0.6) is 0 Å². The Balaban J connectivity index is 3.27. The molecule has 1 heterocycles. The molecule has 1 aromatic rings. The fourth-order valence-electron chi connectivity index (χ4n) is 1.35. The van der Waals surface area contributed by atoms with Gasteiger partial charge in [-0.15, -0.1) is 0 Å². The third-order valence-corrected chi connectivity index (χ3v) is 2.19. The number of carbonyl (C=O) groups is 1. The number of amides is 1. The van der Waals surface area contributed by atoms with Gasteiger partial charge in [0, 0.05) is 16.8 Å². The van der Waals surface area contributed by atoms with Crippen molar-refractivity contribution in [2.45, 2.75) is 26.2 Å². The second-order valence-corrected chi connectivity index (χ2v) is 4.60. The molecule has 1 aromatic heterocycles. The molecule has 0 atom stereocenters. The van der Waals surface area contributed by atoms with Crippen LogP contribution in [-0.2, 0) is 5.41 Å². The first-order chi connectivity index (χ1) is 6.82. The highest BCUT2D eigenvalue weighted by atomic mass is 35.5. The minimum Gasteiger partial charge on any atom is -0.465 e. The summed E-state index contributed by atoms with van der Waals surface area (Å²) in [5.74, 6) is 0.294. The van der Waals surface area contributed by atoms with Crippen molar-refractivity contribution in [3.63, 3.8) is 0 Å². The molecule has 0 bridgehead atoms. The van der Waals surface area contributed by atoms with Crippen molar-refractivity contribution in [2.75, 3.05) is 5.32 Å². The number of hydrogen-bond donors (Lipinski definition) is 2. The van der Waals surface area contributed by atoms with Crippen LogP contribution in [0.1, 0.15) is 26.3 Å². The topological polar surface area (TPSA) is 62.2 Å². The predicted molar refractivity (Wildman–Crippen MR) is 59.6 cm³/mol. The molecule has 0 fully saturated rings. The molecule has 0 unspecified atom stereocenters. The Morgan fingerprint density at radius 3 is 2.60 bits per heavy atom. The minimum atomic E-state index is -1.14. The van der Waals surface area contributed by atoms with Crippen LogP contribution in [0.15, 0.2) is 12.3 Å². The number of rotatable bonds is 1. The van der Waals surface area contributed by atoms with Gasteiger partial charge in [-0.2, -0.15) is 0 Å². The maximum atomic E-state index is 10.6. The van der Waals surface area contributed by atoms with Crippen molar-refractivity contribution in [1.82, 2.24) is 4.98 Å². The lowest BCUT2D eigenvalue weighted by Crippen LogP contribution is -2.19. The number of anilines is 1. The van der Waals surface area contributed by atoms with Crippen molar-refractivity contribution in [3.8, 4) is 0 Å². The fraction of sp³-hybridized carbons (Fsp3) is 0.400. The number of nitrogens with zero attached hydrogens (tertiary/aromatic N) is 1. The second kappa shape index (κ2) is 4.06. The monoisotopic (exact) mass is 228 g/mol. The standard InChI is InChI=1S/C10H13ClN2O2/c1-10(2,3)7-6(11)4-5-12-8(7)13-9(14)15/h4-5H,1-3H3,(H,12,13)(H,14,15). The second-order valence-electron chi connectivity index (χ2n) is 4.20. The highest BCUT2D eigenvalue weighted by Crippen LogP contribution is 2.33. The number of carboxylic acid groups (broad SMARTS) is 1. The van der Waals surface area contributed by atoms with Crippen molar-refractivity contribution in [2.24, 2.45) is 0 Å². The lowest BCUT2D eigenvalue weighted by molar-refractivity contribution is 0.209. The van der Waals surface area contributed by atoms with Crippen molar-refractivity contribution < 1.29 is 9.90 Å². The molecule has 0 aliphatic carbocycles. The van der Waals surface area contributed by atoms with E-state index >= 15 is 0 Å². The fourth-order valence-corrected chi connectivity index (χ4v) is 1.78. The summed E-state index contributed by atoms with van der Waals surface area (Å²) in [7, 11) is 0. The van der Waals surface area contributed by atoms with Crippen LogP contribution in [0.3, 0.4) is 0 Å². The normalized spacial score (nSPS) is 11.2. The minimum absolute atomic E-state index is 0.261. The first kappa shape index (κ1) is 11.8. The molecule has 2 N–H and O–H groups in total. The van der Waals surface area contributed by atoms with Gasteiger partial charge in [0.1, 0.15) is 5.82 Å². The molecule has 15 heavy (non-hydrogen) atoms. The average Bonchev–Trinajstić information content (AvgIpc) is 1.99. The van der Waals surface area contributed by atoms with Crippen LogP contribution in [0, 0.1) is 0 Å². The van der Waals surface area contributed by atoms with E-state index in [1.165, 1.54) is 6.20 Å². The average molecular weight is 229 g/mol. The molecule has 0 aliphatic rings. The lowest BCUT2D eigenvalue weighted by atomic mass is 9.87. The van der Waals surface area contributed by atoms with Crippen LogP contribution in [-0.4, -0.2) is 16.2 Å². The summed E-state index contributed by atoms with van der Waals surface area (Å²) >= 11 is 6.02. The van der Waals surface area contributed by atoms with Crippen LogP contribution < -0.4 is 5.32 Å². The Bertz CT molecular complexity index is 385. The quantitative estimate of drug-likeness (QED) is 0.776. The van der Waals surface area contributed by atoms with Gasteiger partial charge in [0.2, 0.25) is 0 Å². The lowest BCUT2D eigenvalue weighted by Gasteiger charge is -2.22. The van der Waals surface area contributed by atoms with E-state index in [1.54, 1.807) is 6.07 Å². The molecule has 0 radical (unpaired) electrons. The number of nitrogens with one attached hydrogen (secondary N) is 1. The van der Waals surface area contributed by atoms with E-state index < -0.39 is 6.09 Å². The zero-order valence-corrected chi connectivity index (χ0v) is 9.59. The Hall–Kier alpha value is -1.29. The van der Waals surface area contributed by atoms with E-state index in [0.29, 0.717) is 16.4 Å². The first-order valence-electron chi connectivity index (χ1n) is 4.47. The molecule has 1 amide bonds. The van der Waals surface area contributed by atoms with Gasteiger partial charge >= 0.3 is 6.09 Å². The van der Waals surface area contributed by atoms with Gasteiger partial charge in [0.15, 0.2) is 0 Å². The van der Waals surface area contributed by atoms with Gasteiger partial charge in [-0.3, -0.25) is 5.32 Å². The summed E-state index contributed by atoms with van der Waals surface area (Å²) in [4.78, 5) is 14.5. The summed E-state index contributed by atoms with van der Waals surface area (Å²) < 4.78 is 0. The number of hydrogen-bond acceptors (Lipinski definition) is 2. The zero-order chi connectivity index (χ0) is 11.6. The maximum absolute atomic E-state index is 10.6. The van der Waals surface area contributed by atoms with E-state index in [9.17, 15) is 4.79 Å². The van der Waals surface area contributed by atoms with Gasteiger partial charge in [0.25, 0.3) is 0 Å². The molecular formula is C10H13ClN2O2. The summed E-state index contributed by atoms with van der Waals surface area (Å²) in [6.07, 6.45) is 0.332. The molecule has 5 heteroatoms. The van der Waals surface area contributed by atoms with E-state index in [0.717, 1.165) is 0 Å². The molecular weight excluding hydrogens is 216 g/mol. The van der Waals surface area contributed by atoms with Crippen LogP contribution >= 0.6 is 11.6 Å². The highest BCUT2D eigenvalue weighted by molar-refractivity contribution is 6.31. The van der Waals surface area contributed by atoms with Gasteiger partial charge in [-0.25, -0.2) is 9.78 Å². The zero-order valence-electron chi connectivity index (χ0n) is 8.84. The predicted octanol–water partition coefficient (Wildman–Crippen LogP) is 3.12. The molecule has 0 saturated carbocycles. The number of halogens is 1. The van der Waals surface area contributed by atoms with Gasteiger partial charge in [-0.1, -0.05) is 32.4 Å². The first-order valence-corrected chi connectivity index (χ1v) is 4.85. The smallest absolute Gasteiger partial charge is 0.410 e. The van der Waals surface area contributed by atoms with Crippen molar-refractivity contribution >= 4 is 23.5 Å². The van der Waals surface area contributed by atoms with Crippen molar-refractivity contribution in [1.29, 1.82) is 0 Å². The SMILES string of the molecule is CC(C)(C)c1c(Cl)ccnc1NC(=O)O. The van der Waals surface area contributed by atoms with E-state index in [2.05, 4.69) is 10.3 Å². The molecule has 1 rings (SSSR count). The Morgan fingerprint density at radius 2 is 2.13 bits per heavy atom. The summed E-state index contributed by atoms with van der Waals surface area (Å²) in [5.41, 5.74) is 0.442. The molecule has 0 saturated heterocycles. The highest BCUT2D eigenvalue weighted by Gasteiger charge is 2.23. The van der Waals surface area contributed by atoms with Crippen LogP contribution in [0.25, 0.3) is 0 Å². The Morgan fingerprint density at radius 1 is 1.53 bits per heavy atom.